The van der Waals surface area contributed by atoms with Crippen LogP contribution in [0.3, 0.4) is 0 Å². The van der Waals surface area contributed by atoms with Crippen molar-refractivity contribution in [2.24, 2.45) is 0 Å². The van der Waals surface area contributed by atoms with Gasteiger partial charge in [-0.1, -0.05) is 12.1 Å². The van der Waals surface area contributed by atoms with Crippen LogP contribution in [0.15, 0.2) is 24.4 Å². The van der Waals surface area contributed by atoms with Crippen LogP contribution in [0.25, 0.3) is 10.8 Å². The molecule has 0 bridgehead atoms. The number of benzene rings is 1. The molecule has 2 heteroatoms. The molecular formula is C12H10N2. The first kappa shape index (κ1) is 8.71. The fourth-order valence-corrected chi connectivity index (χ4v) is 1.60. The molecule has 0 unspecified atom stereocenters. The molecule has 0 atom stereocenters. The maximum absolute atomic E-state index is 8.88. The topological polar surface area (TPSA) is 36.7 Å². The van der Waals surface area contributed by atoms with E-state index in [4.69, 9.17) is 5.26 Å². The zero-order valence-corrected chi connectivity index (χ0v) is 8.20. The standard InChI is InChI=1S/C12H10N2/c1-8-3-4-11-10(9(8)2)5-6-14-12(11)7-13/h3-6H,1-2H3. The third kappa shape index (κ3) is 1.14. The van der Waals surface area contributed by atoms with Gasteiger partial charge >= 0.3 is 0 Å². The van der Waals surface area contributed by atoms with Gasteiger partial charge in [-0.05, 0) is 36.4 Å². The number of hydrogen-bond donors (Lipinski definition) is 0. The van der Waals surface area contributed by atoms with Crippen LogP contribution in [0, 0.1) is 25.2 Å². The van der Waals surface area contributed by atoms with E-state index in [0.717, 1.165) is 10.8 Å². The summed E-state index contributed by atoms with van der Waals surface area (Å²) in [5.41, 5.74) is 2.97. The normalized spacial score (nSPS) is 10.1. The Labute approximate surface area is 82.8 Å². The maximum Gasteiger partial charge on any atom is 0.148 e. The summed E-state index contributed by atoms with van der Waals surface area (Å²) >= 11 is 0. The summed E-state index contributed by atoms with van der Waals surface area (Å²) in [6.45, 7) is 4.14. The van der Waals surface area contributed by atoms with Crippen LogP contribution in [0.2, 0.25) is 0 Å². The molecule has 0 aliphatic heterocycles. The first-order valence-corrected chi connectivity index (χ1v) is 4.49. The predicted octanol–water partition coefficient (Wildman–Crippen LogP) is 2.72. The van der Waals surface area contributed by atoms with Gasteiger partial charge in [0.15, 0.2) is 0 Å². The molecule has 0 aliphatic rings. The molecule has 1 heterocycles. The van der Waals surface area contributed by atoms with Crippen molar-refractivity contribution in [3.8, 4) is 6.07 Å². The Hall–Kier alpha value is -1.88. The smallest absolute Gasteiger partial charge is 0.148 e. The summed E-state index contributed by atoms with van der Waals surface area (Å²) in [5, 5.41) is 10.9. The average molecular weight is 182 g/mol. The fraction of sp³-hybridized carbons (Fsp3) is 0.167. The van der Waals surface area contributed by atoms with Gasteiger partial charge in [0.2, 0.25) is 0 Å². The lowest BCUT2D eigenvalue weighted by Gasteiger charge is -2.05. The summed E-state index contributed by atoms with van der Waals surface area (Å²) < 4.78 is 0. The molecule has 0 saturated carbocycles. The minimum atomic E-state index is 0.505. The first-order valence-electron chi connectivity index (χ1n) is 4.49. The number of rotatable bonds is 0. The Balaban J connectivity index is 2.95. The minimum Gasteiger partial charge on any atom is -0.245 e. The van der Waals surface area contributed by atoms with Crippen molar-refractivity contribution in [1.82, 2.24) is 4.98 Å². The molecule has 1 aromatic carbocycles. The van der Waals surface area contributed by atoms with Gasteiger partial charge in [-0.15, -0.1) is 0 Å². The van der Waals surface area contributed by atoms with Crippen molar-refractivity contribution >= 4 is 10.8 Å². The van der Waals surface area contributed by atoms with E-state index in [-0.39, 0.29) is 0 Å². The van der Waals surface area contributed by atoms with Crippen LogP contribution in [-0.2, 0) is 0 Å². The number of aryl methyl sites for hydroxylation is 2. The SMILES string of the molecule is Cc1ccc2c(C#N)nccc2c1C. The molecule has 68 valence electrons. The predicted molar refractivity (Wildman–Crippen MR) is 55.9 cm³/mol. The second-order valence-corrected chi connectivity index (χ2v) is 3.37. The zero-order valence-electron chi connectivity index (χ0n) is 8.20. The third-order valence-electron chi connectivity index (χ3n) is 2.59. The summed E-state index contributed by atoms with van der Waals surface area (Å²) in [6.07, 6.45) is 1.69. The second kappa shape index (κ2) is 3.12. The number of pyridine rings is 1. The summed E-state index contributed by atoms with van der Waals surface area (Å²) in [6, 6.07) is 8.05. The monoisotopic (exact) mass is 182 g/mol. The van der Waals surface area contributed by atoms with Gasteiger partial charge in [0.1, 0.15) is 11.8 Å². The van der Waals surface area contributed by atoms with Crippen molar-refractivity contribution in [3.05, 3.63) is 41.2 Å². The number of nitriles is 1. The van der Waals surface area contributed by atoms with E-state index in [9.17, 15) is 0 Å². The van der Waals surface area contributed by atoms with E-state index in [1.54, 1.807) is 6.20 Å². The van der Waals surface area contributed by atoms with E-state index in [1.807, 2.05) is 18.2 Å². The van der Waals surface area contributed by atoms with Crippen molar-refractivity contribution in [3.63, 3.8) is 0 Å². The van der Waals surface area contributed by atoms with Gasteiger partial charge in [0, 0.05) is 11.6 Å². The maximum atomic E-state index is 8.88. The fourth-order valence-electron chi connectivity index (χ4n) is 1.60. The molecule has 2 nitrogen and oxygen atoms in total. The molecule has 1 aromatic heterocycles. The van der Waals surface area contributed by atoms with Crippen LogP contribution in [0.5, 0.6) is 0 Å². The molecule has 0 fully saturated rings. The summed E-state index contributed by atoms with van der Waals surface area (Å²) in [7, 11) is 0. The molecule has 0 radical (unpaired) electrons. The highest BCUT2D eigenvalue weighted by molar-refractivity contribution is 5.89. The lowest BCUT2D eigenvalue weighted by molar-refractivity contribution is 1.28. The quantitative estimate of drug-likeness (QED) is 0.628. The van der Waals surface area contributed by atoms with Crippen molar-refractivity contribution in [1.29, 1.82) is 5.26 Å². The molecule has 0 aliphatic carbocycles. The Morgan fingerprint density at radius 1 is 1.14 bits per heavy atom. The third-order valence-corrected chi connectivity index (χ3v) is 2.59. The first-order chi connectivity index (χ1) is 6.74. The van der Waals surface area contributed by atoms with E-state index in [0.29, 0.717) is 5.69 Å². The van der Waals surface area contributed by atoms with Gasteiger partial charge in [-0.2, -0.15) is 5.26 Å². The highest BCUT2D eigenvalue weighted by atomic mass is 14.7. The summed E-state index contributed by atoms with van der Waals surface area (Å²) in [4.78, 5) is 4.04. The van der Waals surface area contributed by atoms with E-state index >= 15 is 0 Å². The van der Waals surface area contributed by atoms with Crippen LogP contribution >= 0.6 is 0 Å². The van der Waals surface area contributed by atoms with Gasteiger partial charge in [-0.25, -0.2) is 4.98 Å². The van der Waals surface area contributed by atoms with Crippen LogP contribution < -0.4 is 0 Å². The molecule has 0 N–H and O–H groups in total. The molecule has 2 rings (SSSR count). The number of nitrogens with zero attached hydrogens (tertiary/aromatic N) is 2. The van der Waals surface area contributed by atoms with Crippen LogP contribution in [0.1, 0.15) is 16.8 Å². The number of fused-ring (bicyclic) bond motifs is 1. The lowest BCUT2D eigenvalue weighted by Crippen LogP contribution is -1.89. The zero-order chi connectivity index (χ0) is 10.1. The molecule has 0 spiro atoms. The molecule has 0 amide bonds. The Bertz CT molecular complexity index is 536. The van der Waals surface area contributed by atoms with Crippen molar-refractivity contribution in [2.75, 3.05) is 0 Å². The number of aromatic nitrogens is 1. The highest BCUT2D eigenvalue weighted by Gasteiger charge is 2.04. The van der Waals surface area contributed by atoms with Crippen LogP contribution in [0.4, 0.5) is 0 Å². The Kier molecular flexibility index (Phi) is 1.94. The van der Waals surface area contributed by atoms with Crippen molar-refractivity contribution < 1.29 is 0 Å². The molecular weight excluding hydrogens is 172 g/mol. The molecule has 14 heavy (non-hydrogen) atoms. The number of hydrogen-bond acceptors (Lipinski definition) is 2. The van der Waals surface area contributed by atoms with E-state index in [2.05, 4.69) is 24.9 Å². The Morgan fingerprint density at radius 2 is 1.93 bits per heavy atom. The molecule has 0 saturated heterocycles. The van der Waals surface area contributed by atoms with E-state index < -0.39 is 0 Å². The van der Waals surface area contributed by atoms with Crippen LogP contribution in [-0.4, -0.2) is 4.98 Å². The van der Waals surface area contributed by atoms with Gasteiger partial charge in [-0.3, -0.25) is 0 Å². The highest BCUT2D eigenvalue weighted by Crippen LogP contribution is 2.22. The van der Waals surface area contributed by atoms with E-state index in [1.165, 1.54) is 11.1 Å². The lowest BCUT2D eigenvalue weighted by atomic mass is 10.0. The van der Waals surface area contributed by atoms with Crippen molar-refractivity contribution in [2.45, 2.75) is 13.8 Å². The second-order valence-electron chi connectivity index (χ2n) is 3.37. The molecule has 2 aromatic rings. The van der Waals surface area contributed by atoms with Gasteiger partial charge < -0.3 is 0 Å². The minimum absolute atomic E-state index is 0.505. The summed E-state index contributed by atoms with van der Waals surface area (Å²) in [5.74, 6) is 0. The van der Waals surface area contributed by atoms with Gasteiger partial charge in [0.25, 0.3) is 0 Å². The van der Waals surface area contributed by atoms with Gasteiger partial charge in [0.05, 0.1) is 0 Å². The average Bonchev–Trinajstić information content (AvgIpc) is 2.23. The Morgan fingerprint density at radius 3 is 2.64 bits per heavy atom. The largest absolute Gasteiger partial charge is 0.245 e.